The van der Waals surface area contributed by atoms with Gasteiger partial charge in [0.2, 0.25) is 0 Å². The number of benzene rings is 1. The topological polar surface area (TPSA) is 54.6 Å². The summed E-state index contributed by atoms with van der Waals surface area (Å²) in [5.74, 6) is 0.545. The van der Waals surface area contributed by atoms with Crippen molar-refractivity contribution in [1.82, 2.24) is 9.88 Å². The highest BCUT2D eigenvalue weighted by Crippen LogP contribution is 2.40. The van der Waals surface area contributed by atoms with E-state index in [1.165, 1.54) is 0 Å². The number of aromatic amines is 1. The molecule has 1 aromatic heterocycles. The Kier molecular flexibility index (Phi) is 3.76. The van der Waals surface area contributed by atoms with Gasteiger partial charge in [0.15, 0.2) is 0 Å². The van der Waals surface area contributed by atoms with E-state index in [0.29, 0.717) is 12.2 Å². The van der Waals surface area contributed by atoms with Crippen molar-refractivity contribution in [3.8, 4) is 5.75 Å². The van der Waals surface area contributed by atoms with Crippen LogP contribution in [0, 0.1) is 12.3 Å². The van der Waals surface area contributed by atoms with Crippen LogP contribution in [-0.2, 0) is 4.74 Å². The second kappa shape index (κ2) is 5.81. The number of nitrogens with zero attached hydrogens (tertiary/aromatic N) is 1. The molecule has 2 aromatic rings. The number of piperidine rings is 3. The van der Waals surface area contributed by atoms with Gasteiger partial charge in [-0.2, -0.15) is 0 Å². The predicted octanol–water partition coefficient (Wildman–Crippen LogP) is 3.13. The molecule has 3 aliphatic heterocycles. The van der Waals surface area contributed by atoms with Crippen LogP contribution >= 0.6 is 0 Å². The second-order valence-electron chi connectivity index (χ2n) is 7.24. The van der Waals surface area contributed by atoms with Crippen molar-refractivity contribution >= 4 is 16.9 Å². The minimum absolute atomic E-state index is 0.199. The molecule has 1 aromatic carbocycles. The van der Waals surface area contributed by atoms with Crippen molar-refractivity contribution in [2.75, 3.05) is 33.4 Å². The summed E-state index contributed by atoms with van der Waals surface area (Å²) in [6, 6.07) is 3.91. The zero-order valence-corrected chi connectivity index (χ0v) is 14.4. The average Bonchev–Trinajstić information content (AvgIpc) is 3.03. The minimum Gasteiger partial charge on any atom is -0.496 e. The van der Waals surface area contributed by atoms with Crippen LogP contribution in [0.1, 0.15) is 35.2 Å². The fraction of sp³-hybridized carbons (Fsp3) is 0.526. The quantitative estimate of drug-likeness (QED) is 0.876. The summed E-state index contributed by atoms with van der Waals surface area (Å²) in [5, 5.41) is 0.860. The largest absolute Gasteiger partial charge is 0.496 e. The Bertz CT molecular complexity index is 758. The Morgan fingerprint density at radius 3 is 2.62 bits per heavy atom. The maximum Gasteiger partial charge on any atom is 0.340 e. The van der Waals surface area contributed by atoms with Crippen molar-refractivity contribution < 1.29 is 14.3 Å². The van der Waals surface area contributed by atoms with E-state index in [0.717, 1.165) is 61.1 Å². The van der Waals surface area contributed by atoms with Crippen LogP contribution in [0.4, 0.5) is 0 Å². The lowest BCUT2D eigenvalue weighted by molar-refractivity contribution is -0.0304. The molecule has 3 saturated heterocycles. The van der Waals surface area contributed by atoms with Crippen molar-refractivity contribution in [3.63, 3.8) is 0 Å². The van der Waals surface area contributed by atoms with E-state index in [9.17, 15) is 4.79 Å². The number of hydrogen-bond donors (Lipinski definition) is 1. The molecule has 0 radical (unpaired) electrons. The molecule has 5 nitrogen and oxygen atoms in total. The zero-order valence-electron chi connectivity index (χ0n) is 14.4. The number of H-pyrrole nitrogens is 1. The van der Waals surface area contributed by atoms with Gasteiger partial charge < -0.3 is 19.4 Å². The fourth-order valence-corrected chi connectivity index (χ4v) is 4.06. The SMILES string of the molecule is COc1cc2c(C(=O)OCC34CCN(CC3)CC4)c[nH]c2cc1C. The highest BCUT2D eigenvalue weighted by molar-refractivity contribution is 6.04. The molecule has 3 fully saturated rings. The molecule has 0 spiro atoms. The Labute approximate surface area is 141 Å². The van der Waals surface area contributed by atoms with Gasteiger partial charge >= 0.3 is 5.97 Å². The normalized spacial score (nSPS) is 25.8. The van der Waals surface area contributed by atoms with Gasteiger partial charge in [-0.3, -0.25) is 0 Å². The molecule has 4 heterocycles. The third-order valence-corrected chi connectivity index (χ3v) is 5.80. The zero-order chi connectivity index (χ0) is 16.7. The molecule has 0 unspecified atom stereocenters. The summed E-state index contributed by atoms with van der Waals surface area (Å²) < 4.78 is 11.1. The van der Waals surface area contributed by atoms with E-state index < -0.39 is 0 Å². The van der Waals surface area contributed by atoms with Crippen LogP contribution in [-0.4, -0.2) is 49.2 Å². The van der Waals surface area contributed by atoms with E-state index >= 15 is 0 Å². The molecular formula is C19H24N2O3. The van der Waals surface area contributed by atoms with E-state index in [-0.39, 0.29) is 11.4 Å². The first kappa shape index (κ1) is 15.5. The fourth-order valence-electron chi connectivity index (χ4n) is 4.06. The van der Waals surface area contributed by atoms with Crippen LogP contribution in [0.3, 0.4) is 0 Å². The molecule has 0 atom stereocenters. The van der Waals surface area contributed by atoms with Crippen LogP contribution < -0.4 is 4.74 Å². The standard InChI is InChI=1S/C19H24N2O3/c1-13-9-16-14(10-17(13)23-2)15(11-20-16)18(22)24-12-19-3-6-21(7-4-19)8-5-19/h9-11,20H,3-8,12H2,1-2H3. The van der Waals surface area contributed by atoms with E-state index in [1.807, 2.05) is 19.1 Å². The number of hydrogen-bond acceptors (Lipinski definition) is 4. The molecular weight excluding hydrogens is 304 g/mol. The lowest BCUT2D eigenvalue weighted by atomic mass is 9.73. The van der Waals surface area contributed by atoms with Crippen molar-refractivity contribution in [2.45, 2.75) is 26.2 Å². The monoisotopic (exact) mass is 328 g/mol. The number of aromatic nitrogens is 1. The first-order valence-corrected chi connectivity index (χ1v) is 8.65. The number of aryl methyl sites for hydroxylation is 1. The Morgan fingerprint density at radius 1 is 1.25 bits per heavy atom. The van der Waals surface area contributed by atoms with Crippen LogP contribution in [0.15, 0.2) is 18.3 Å². The first-order chi connectivity index (χ1) is 11.6. The summed E-state index contributed by atoms with van der Waals surface area (Å²) in [6.45, 7) is 5.95. The second-order valence-corrected chi connectivity index (χ2v) is 7.24. The van der Waals surface area contributed by atoms with Crippen LogP contribution in [0.25, 0.3) is 10.9 Å². The van der Waals surface area contributed by atoms with Crippen LogP contribution in [0.2, 0.25) is 0 Å². The van der Waals surface area contributed by atoms with Gasteiger partial charge in [0, 0.05) is 22.5 Å². The minimum atomic E-state index is -0.241. The van der Waals surface area contributed by atoms with Crippen molar-refractivity contribution in [1.29, 1.82) is 0 Å². The number of carbonyl (C=O) groups is 1. The molecule has 0 aliphatic carbocycles. The lowest BCUT2D eigenvalue weighted by Crippen LogP contribution is -2.50. The maximum absolute atomic E-state index is 12.6. The first-order valence-electron chi connectivity index (χ1n) is 8.65. The lowest BCUT2D eigenvalue weighted by Gasteiger charge is -2.47. The summed E-state index contributed by atoms with van der Waals surface area (Å²) in [7, 11) is 1.65. The third-order valence-electron chi connectivity index (χ3n) is 5.80. The maximum atomic E-state index is 12.6. The molecule has 3 aliphatic rings. The predicted molar refractivity (Wildman–Crippen MR) is 92.6 cm³/mol. The van der Waals surface area contributed by atoms with Gasteiger partial charge in [-0.15, -0.1) is 0 Å². The van der Waals surface area contributed by atoms with Crippen LogP contribution in [0.5, 0.6) is 5.75 Å². The molecule has 0 saturated carbocycles. The van der Waals surface area contributed by atoms with Crippen molar-refractivity contribution in [2.24, 2.45) is 5.41 Å². The van der Waals surface area contributed by atoms with Gasteiger partial charge in [-0.05, 0) is 63.5 Å². The molecule has 5 rings (SSSR count). The van der Waals surface area contributed by atoms with Crippen molar-refractivity contribution in [3.05, 3.63) is 29.5 Å². The van der Waals surface area contributed by atoms with E-state index in [2.05, 4.69) is 9.88 Å². The summed E-state index contributed by atoms with van der Waals surface area (Å²) >= 11 is 0. The van der Waals surface area contributed by atoms with Gasteiger partial charge in [-0.25, -0.2) is 4.79 Å². The van der Waals surface area contributed by atoms with E-state index in [1.54, 1.807) is 13.3 Å². The van der Waals surface area contributed by atoms with E-state index in [4.69, 9.17) is 9.47 Å². The summed E-state index contributed by atoms with van der Waals surface area (Å²) in [5.41, 5.74) is 2.77. The molecule has 1 N–H and O–H groups in total. The summed E-state index contributed by atoms with van der Waals surface area (Å²) in [6.07, 6.45) is 5.16. The number of methoxy groups -OCH3 is 1. The molecule has 2 bridgehead atoms. The number of rotatable bonds is 4. The molecule has 24 heavy (non-hydrogen) atoms. The molecule has 0 amide bonds. The third kappa shape index (κ3) is 2.57. The number of ether oxygens (including phenoxy) is 2. The highest BCUT2D eigenvalue weighted by Gasteiger charge is 2.40. The number of esters is 1. The molecule has 128 valence electrons. The number of nitrogens with one attached hydrogen (secondary N) is 1. The summed E-state index contributed by atoms with van der Waals surface area (Å²) in [4.78, 5) is 18.3. The Hall–Kier alpha value is -2.01. The van der Waals surface area contributed by atoms with Gasteiger partial charge in [0.05, 0.1) is 19.3 Å². The highest BCUT2D eigenvalue weighted by atomic mass is 16.5. The average molecular weight is 328 g/mol. The van der Waals surface area contributed by atoms with Gasteiger partial charge in [-0.1, -0.05) is 0 Å². The number of fused-ring (bicyclic) bond motifs is 4. The van der Waals surface area contributed by atoms with Gasteiger partial charge in [0.25, 0.3) is 0 Å². The Morgan fingerprint density at radius 2 is 1.96 bits per heavy atom. The smallest absolute Gasteiger partial charge is 0.340 e. The Balaban J connectivity index is 1.53. The van der Waals surface area contributed by atoms with Gasteiger partial charge in [0.1, 0.15) is 5.75 Å². The number of carbonyl (C=O) groups excluding carboxylic acids is 1. The molecule has 5 heteroatoms.